The zero-order valence-electron chi connectivity index (χ0n) is 20.1. The summed E-state index contributed by atoms with van der Waals surface area (Å²) in [5.74, 6) is 0.760. The fraction of sp³-hybridized carbons (Fsp3) is 0.194. The van der Waals surface area contributed by atoms with E-state index in [1.807, 2.05) is 54.6 Å². The standard InChI is InChI=1S/C31H28BrNO2/c1-31(2)19-28-29(30(34)26(31)17-20-9-13-23(32)14-10-20)25(21-11-15-24(35-3)16-12-21)18-27(33-28)22-7-5-4-6-8-22/h4-18,25,33H,19H2,1-3H3/b26-17+. The van der Waals surface area contributed by atoms with E-state index in [1.165, 1.54) is 0 Å². The molecule has 0 bridgehead atoms. The van der Waals surface area contributed by atoms with Crippen molar-refractivity contribution in [1.82, 2.24) is 5.32 Å². The highest BCUT2D eigenvalue weighted by Gasteiger charge is 2.42. The molecule has 3 nitrogen and oxygen atoms in total. The first kappa shape index (κ1) is 23.4. The lowest BCUT2D eigenvalue weighted by Crippen LogP contribution is -2.37. The van der Waals surface area contributed by atoms with Crippen LogP contribution in [0.3, 0.4) is 0 Å². The van der Waals surface area contributed by atoms with Crippen LogP contribution in [-0.4, -0.2) is 12.9 Å². The Labute approximate surface area is 215 Å². The van der Waals surface area contributed by atoms with E-state index in [2.05, 4.69) is 71.5 Å². The van der Waals surface area contributed by atoms with Crippen LogP contribution in [0.15, 0.2) is 106 Å². The van der Waals surface area contributed by atoms with Gasteiger partial charge in [-0.3, -0.25) is 4.79 Å². The first-order valence-electron chi connectivity index (χ1n) is 11.8. The summed E-state index contributed by atoms with van der Waals surface area (Å²) in [6, 6.07) is 26.4. The molecule has 5 rings (SSSR count). The number of benzene rings is 3. The van der Waals surface area contributed by atoms with Gasteiger partial charge in [0.2, 0.25) is 0 Å². The maximum Gasteiger partial charge on any atom is 0.188 e. The number of methoxy groups -OCH3 is 1. The molecule has 1 heterocycles. The van der Waals surface area contributed by atoms with Crippen molar-refractivity contribution in [3.8, 4) is 5.75 Å². The quantitative estimate of drug-likeness (QED) is 0.358. The van der Waals surface area contributed by atoms with Crippen LogP contribution in [0.25, 0.3) is 11.8 Å². The minimum absolute atomic E-state index is 0.107. The van der Waals surface area contributed by atoms with Gasteiger partial charge in [0.15, 0.2) is 5.78 Å². The zero-order chi connectivity index (χ0) is 24.6. The number of allylic oxidation sites excluding steroid dienone is 4. The van der Waals surface area contributed by atoms with Crippen LogP contribution in [0.2, 0.25) is 0 Å². The van der Waals surface area contributed by atoms with Crippen molar-refractivity contribution in [2.75, 3.05) is 7.11 Å². The first-order chi connectivity index (χ1) is 16.9. The minimum atomic E-state index is -0.306. The molecule has 1 unspecified atom stereocenters. The van der Waals surface area contributed by atoms with Gasteiger partial charge in [0.05, 0.1) is 7.11 Å². The van der Waals surface area contributed by atoms with E-state index < -0.39 is 0 Å². The van der Waals surface area contributed by atoms with Crippen LogP contribution >= 0.6 is 15.9 Å². The maximum atomic E-state index is 14.2. The normalized spacial score (nSPS) is 20.2. The summed E-state index contributed by atoms with van der Waals surface area (Å²) in [6.45, 7) is 4.31. The van der Waals surface area contributed by atoms with E-state index in [0.29, 0.717) is 0 Å². The average molecular weight is 526 g/mol. The molecule has 0 amide bonds. The summed E-state index contributed by atoms with van der Waals surface area (Å²) < 4.78 is 6.40. The molecule has 4 heteroatoms. The smallest absolute Gasteiger partial charge is 0.188 e. The summed E-state index contributed by atoms with van der Waals surface area (Å²) in [7, 11) is 1.67. The van der Waals surface area contributed by atoms with Crippen molar-refractivity contribution in [1.29, 1.82) is 0 Å². The van der Waals surface area contributed by atoms with Crippen molar-refractivity contribution in [3.05, 3.63) is 123 Å². The molecule has 176 valence electrons. The molecule has 0 aromatic heterocycles. The number of halogens is 1. The summed E-state index contributed by atoms with van der Waals surface area (Å²) in [6.07, 6.45) is 5.00. The lowest BCUT2D eigenvalue weighted by Gasteiger charge is -2.40. The second kappa shape index (κ2) is 9.35. The van der Waals surface area contributed by atoms with Crippen molar-refractivity contribution >= 4 is 33.5 Å². The van der Waals surface area contributed by atoms with Gasteiger partial charge in [-0.1, -0.05) is 84.4 Å². The highest BCUT2D eigenvalue weighted by molar-refractivity contribution is 9.10. The molecule has 1 N–H and O–H groups in total. The molecule has 1 atom stereocenters. The highest BCUT2D eigenvalue weighted by atomic mass is 79.9. The molecule has 2 aliphatic rings. The van der Waals surface area contributed by atoms with Gasteiger partial charge < -0.3 is 10.1 Å². The minimum Gasteiger partial charge on any atom is -0.497 e. The van der Waals surface area contributed by atoms with Gasteiger partial charge >= 0.3 is 0 Å². The van der Waals surface area contributed by atoms with Gasteiger partial charge in [0.25, 0.3) is 0 Å². The van der Waals surface area contributed by atoms with Gasteiger partial charge in [-0.15, -0.1) is 0 Å². The van der Waals surface area contributed by atoms with Crippen LogP contribution in [0.4, 0.5) is 0 Å². The number of nitrogens with one attached hydrogen (secondary N) is 1. The van der Waals surface area contributed by atoms with Gasteiger partial charge in [0, 0.05) is 32.9 Å². The zero-order valence-corrected chi connectivity index (χ0v) is 21.7. The number of carbonyl (C=O) groups is 1. The topological polar surface area (TPSA) is 38.3 Å². The highest BCUT2D eigenvalue weighted by Crippen LogP contribution is 2.48. The third-order valence-corrected chi connectivity index (χ3v) is 7.36. The van der Waals surface area contributed by atoms with Gasteiger partial charge in [-0.2, -0.15) is 0 Å². The Bertz CT molecular complexity index is 1350. The molecular weight excluding hydrogens is 498 g/mol. The molecule has 0 fully saturated rings. The third-order valence-electron chi connectivity index (χ3n) is 6.83. The molecule has 3 aromatic rings. The van der Waals surface area contributed by atoms with Crippen molar-refractivity contribution in [2.24, 2.45) is 5.41 Å². The van der Waals surface area contributed by atoms with Crippen LogP contribution in [0, 0.1) is 5.41 Å². The summed E-state index contributed by atoms with van der Waals surface area (Å²) >= 11 is 3.50. The summed E-state index contributed by atoms with van der Waals surface area (Å²) in [5, 5.41) is 3.63. The molecule has 3 aromatic carbocycles. The predicted molar refractivity (Wildman–Crippen MR) is 146 cm³/mol. The third kappa shape index (κ3) is 4.63. The monoisotopic (exact) mass is 525 g/mol. The Hall–Kier alpha value is -3.37. The Morgan fingerprint density at radius 2 is 1.66 bits per heavy atom. The summed E-state index contributed by atoms with van der Waals surface area (Å²) in [4.78, 5) is 14.2. The van der Waals surface area contributed by atoms with Crippen molar-refractivity contribution in [3.63, 3.8) is 0 Å². The van der Waals surface area contributed by atoms with Gasteiger partial charge in [0.1, 0.15) is 5.75 Å². The first-order valence-corrected chi connectivity index (χ1v) is 12.6. The van der Waals surface area contributed by atoms with Gasteiger partial charge in [-0.05, 0) is 64.9 Å². The maximum absolute atomic E-state index is 14.2. The second-order valence-corrected chi connectivity index (χ2v) is 10.6. The lowest BCUT2D eigenvalue weighted by atomic mass is 9.67. The fourth-order valence-corrected chi connectivity index (χ4v) is 5.23. The average Bonchev–Trinajstić information content (AvgIpc) is 2.87. The number of ether oxygens (including phenoxy) is 1. The SMILES string of the molecule is COc1ccc(C2C=C(c3ccccc3)NC3=C2C(=O)/C(=C\c2ccc(Br)cc2)C(C)(C)C3)cc1. The molecular formula is C31H28BrNO2. The van der Waals surface area contributed by atoms with E-state index in [0.717, 1.165) is 55.9 Å². The van der Waals surface area contributed by atoms with E-state index in [1.54, 1.807) is 7.11 Å². The van der Waals surface area contributed by atoms with Crippen LogP contribution < -0.4 is 10.1 Å². The Kier molecular flexibility index (Phi) is 6.24. The second-order valence-electron chi connectivity index (χ2n) is 9.71. The number of Topliss-reactive ketones (excluding diaryl/α,β-unsaturated/α-hetero) is 1. The van der Waals surface area contributed by atoms with E-state index in [-0.39, 0.29) is 17.1 Å². The van der Waals surface area contributed by atoms with E-state index >= 15 is 0 Å². The van der Waals surface area contributed by atoms with Gasteiger partial charge in [-0.25, -0.2) is 0 Å². The molecule has 35 heavy (non-hydrogen) atoms. The molecule has 0 saturated heterocycles. The van der Waals surface area contributed by atoms with Crippen LogP contribution in [0.5, 0.6) is 5.75 Å². The fourth-order valence-electron chi connectivity index (χ4n) is 4.96. The molecule has 0 saturated carbocycles. The van der Waals surface area contributed by atoms with Crippen LogP contribution in [-0.2, 0) is 4.79 Å². The largest absolute Gasteiger partial charge is 0.497 e. The number of hydrogen-bond donors (Lipinski definition) is 1. The number of carbonyl (C=O) groups excluding carboxylic acids is 1. The van der Waals surface area contributed by atoms with E-state index in [9.17, 15) is 4.79 Å². The van der Waals surface area contributed by atoms with E-state index in [4.69, 9.17) is 4.74 Å². The Morgan fingerprint density at radius 1 is 0.971 bits per heavy atom. The molecule has 1 aliphatic heterocycles. The molecule has 0 radical (unpaired) electrons. The van der Waals surface area contributed by atoms with Crippen LogP contribution in [0.1, 0.15) is 42.9 Å². The molecule has 1 aliphatic carbocycles. The number of dihydropyridines is 1. The van der Waals surface area contributed by atoms with Crippen molar-refractivity contribution < 1.29 is 9.53 Å². The lowest BCUT2D eigenvalue weighted by molar-refractivity contribution is -0.113. The number of rotatable bonds is 4. The predicted octanol–water partition coefficient (Wildman–Crippen LogP) is 7.52. The summed E-state index contributed by atoms with van der Waals surface area (Å²) in [5.41, 5.74) is 6.62. The van der Waals surface area contributed by atoms with Crippen molar-refractivity contribution in [2.45, 2.75) is 26.2 Å². The Balaban J connectivity index is 1.63. The number of ketones is 1. The number of hydrogen-bond acceptors (Lipinski definition) is 3. The Morgan fingerprint density at radius 3 is 2.31 bits per heavy atom. The molecule has 0 spiro atoms.